The molecule has 0 heterocycles. The minimum atomic E-state index is -3.12. The van der Waals surface area contributed by atoms with Gasteiger partial charge in [-0.1, -0.05) is 12.2 Å². The van der Waals surface area contributed by atoms with Crippen LogP contribution in [-0.2, 0) is 13.6 Å². The first-order chi connectivity index (χ1) is 6.54. The van der Waals surface area contributed by atoms with E-state index in [9.17, 15) is 4.57 Å². The normalized spacial score (nSPS) is 10.1. The van der Waals surface area contributed by atoms with Gasteiger partial charge in [0.2, 0.25) is 0 Å². The first-order valence-corrected chi connectivity index (χ1v) is 7.29. The van der Waals surface area contributed by atoms with Crippen LogP contribution in [0, 0.1) is 0 Å². The quantitative estimate of drug-likeness (QED) is 0.464. The van der Waals surface area contributed by atoms with Crippen molar-refractivity contribution in [1.29, 1.82) is 0 Å². The molecule has 0 aromatic carbocycles. The van der Waals surface area contributed by atoms with Crippen LogP contribution in [0.4, 0.5) is 0 Å². The molecule has 0 rings (SSSR count). The first kappa shape index (κ1) is 16.6. The third-order valence-corrected chi connectivity index (χ3v) is 4.84. The van der Waals surface area contributed by atoms with E-state index in [4.69, 9.17) is 14.8 Å². The van der Waals surface area contributed by atoms with Crippen LogP contribution in [0.15, 0.2) is 13.2 Å². The van der Waals surface area contributed by atoms with Crippen molar-refractivity contribution in [3.8, 4) is 0 Å². The van der Waals surface area contributed by atoms with Crippen LogP contribution in [0.2, 0.25) is 0 Å². The second-order valence-electron chi connectivity index (χ2n) is 1.69. The van der Waals surface area contributed by atoms with Gasteiger partial charge in [0.25, 0.3) is 0 Å². The Morgan fingerprint density at radius 2 is 1.79 bits per heavy atom. The lowest BCUT2D eigenvalue weighted by Crippen LogP contribution is -2.03. The third kappa shape index (κ3) is 8.72. The summed E-state index contributed by atoms with van der Waals surface area (Å²) in [7, 11) is 0. The Bertz CT molecular complexity index is 203. The molecule has 0 aliphatic rings. The minimum absolute atomic E-state index is 0.0697. The van der Waals surface area contributed by atoms with Gasteiger partial charge in [-0.3, -0.25) is 0 Å². The zero-order valence-electron chi connectivity index (χ0n) is 8.39. The maximum absolute atomic E-state index is 11.6. The highest BCUT2D eigenvalue weighted by molar-refractivity contribution is 8.64. The van der Waals surface area contributed by atoms with Crippen molar-refractivity contribution in [2.45, 2.75) is 13.8 Å². The molecular formula is C7H16NO3PS2. The Morgan fingerprint density at radius 1 is 1.43 bits per heavy atom. The molecule has 0 aliphatic carbocycles. The number of rotatable bonds is 5. The number of thiocarbonyl (C=S) groups is 1. The molecule has 7 heteroatoms. The van der Waals surface area contributed by atoms with Crippen molar-refractivity contribution in [3.63, 3.8) is 0 Å². The van der Waals surface area contributed by atoms with E-state index in [0.29, 0.717) is 13.2 Å². The Labute approximate surface area is 94.5 Å². The SMILES string of the molecule is C=C.CCOP(=O)(OCC)SC(N)=S. The molecule has 14 heavy (non-hydrogen) atoms. The Kier molecular flexibility index (Phi) is 11.4. The summed E-state index contributed by atoms with van der Waals surface area (Å²) < 4.78 is 21.5. The van der Waals surface area contributed by atoms with Crippen molar-refractivity contribution in [3.05, 3.63) is 13.2 Å². The summed E-state index contributed by atoms with van der Waals surface area (Å²) in [5, 5.41) is 0. The molecule has 0 aliphatic heterocycles. The highest BCUT2D eigenvalue weighted by atomic mass is 32.7. The molecular weight excluding hydrogens is 241 g/mol. The second kappa shape index (κ2) is 9.68. The summed E-state index contributed by atoms with van der Waals surface area (Å²) in [6, 6.07) is 0. The summed E-state index contributed by atoms with van der Waals surface area (Å²) in [5.74, 6) is 0. The van der Waals surface area contributed by atoms with Gasteiger partial charge in [0, 0.05) is 11.4 Å². The van der Waals surface area contributed by atoms with E-state index in [1.807, 2.05) is 0 Å². The molecule has 0 aromatic heterocycles. The number of hydrogen-bond acceptors (Lipinski definition) is 5. The van der Waals surface area contributed by atoms with Gasteiger partial charge >= 0.3 is 6.80 Å². The van der Waals surface area contributed by atoms with Crippen LogP contribution in [0.25, 0.3) is 0 Å². The molecule has 0 saturated carbocycles. The fraction of sp³-hybridized carbons (Fsp3) is 0.571. The van der Waals surface area contributed by atoms with Crippen LogP contribution in [-0.4, -0.2) is 17.5 Å². The smallest absolute Gasteiger partial charge is 0.384 e. The van der Waals surface area contributed by atoms with E-state index < -0.39 is 6.80 Å². The lowest BCUT2D eigenvalue weighted by Gasteiger charge is -2.14. The van der Waals surface area contributed by atoms with Crippen LogP contribution < -0.4 is 5.73 Å². The minimum Gasteiger partial charge on any atom is -0.384 e. The predicted molar refractivity (Wildman–Crippen MR) is 66.5 cm³/mol. The molecule has 0 radical (unpaired) electrons. The van der Waals surface area contributed by atoms with Crippen LogP contribution in [0.1, 0.15) is 13.8 Å². The van der Waals surface area contributed by atoms with Gasteiger partial charge in [-0.15, -0.1) is 13.2 Å². The van der Waals surface area contributed by atoms with Crippen LogP contribution >= 0.6 is 30.4 Å². The van der Waals surface area contributed by atoms with Crippen LogP contribution in [0.3, 0.4) is 0 Å². The summed E-state index contributed by atoms with van der Waals surface area (Å²) in [6.07, 6.45) is 0. The Morgan fingerprint density at radius 3 is 2.00 bits per heavy atom. The van der Waals surface area contributed by atoms with Gasteiger partial charge in [0.05, 0.1) is 13.2 Å². The van der Waals surface area contributed by atoms with Gasteiger partial charge < -0.3 is 14.8 Å². The molecule has 0 aromatic rings. The fourth-order valence-electron chi connectivity index (χ4n) is 0.516. The zero-order chi connectivity index (χ0) is 11.6. The van der Waals surface area contributed by atoms with E-state index in [2.05, 4.69) is 25.4 Å². The molecule has 0 fully saturated rings. The van der Waals surface area contributed by atoms with Crippen LogP contribution in [0.5, 0.6) is 0 Å². The summed E-state index contributed by atoms with van der Waals surface area (Å²) in [6.45, 7) is 6.96. The lowest BCUT2D eigenvalue weighted by atomic mass is 10.9. The Hall–Kier alpha value is 0.130. The molecule has 0 saturated heterocycles. The Balaban J connectivity index is 0. The fourth-order valence-corrected chi connectivity index (χ4v) is 3.98. The van der Waals surface area contributed by atoms with Gasteiger partial charge in [0.15, 0.2) is 0 Å². The van der Waals surface area contributed by atoms with Crippen molar-refractivity contribution >= 4 is 34.7 Å². The van der Waals surface area contributed by atoms with Gasteiger partial charge in [-0.05, 0) is 13.8 Å². The predicted octanol–water partition coefficient (Wildman–Crippen LogP) is 2.95. The second-order valence-corrected chi connectivity index (χ2v) is 6.31. The van der Waals surface area contributed by atoms with Crippen molar-refractivity contribution < 1.29 is 13.6 Å². The van der Waals surface area contributed by atoms with Crippen molar-refractivity contribution in [2.24, 2.45) is 5.73 Å². The molecule has 0 amide bonds. The number of nitrogens with two attached hydrogens (primary N) is 1. The highest BCUT2D eigenvalue weighted by Gasteiger charge is 2.25. The van der Waals surface area contributed by atoms with E-state index >= 15 is 0 Å². The summed E-state index contributed by atoms with van der Waals surface area (Å²) in [4.78, 5) is 0. The molecule has 0 bridgehead atoms. The molecule has 2 N–H and O–H groups in total. The average Bonchev–Trinajstić information content (AvgIpc) is 2.06. The number of hydrogen-bond donors (Lipinski definition) is 1. The van der Waals surface area contributed by atoms with E-state index in [1.165, 1.54) is 0 Å². The average molecular weight is 257 g/mol. The zero-order valence-corrected chi connectivity index (χ0v) is 10.9. The lowest BCUT2D eigenvalue weighted by molar-refractivity contribution is 0.237. The maximum Gasteiger partial charge on any atom is 0.396 e. The van der Waals surface area contributed by atoms with E-state index in [1.54, 1.807) is 13.8 Å². The maximum atomic E-state index is 11.6. The molecule has 4 nitrogen and oxygen atoms in total. The molecule has 84 valence electrons. The van der Waals surface area contributed by atoms with Gasteiger partial charge in [0.1, 0.15) is 4.32 Å². The molecule has 0 unspecified atom stereocenters. The van der Waals surface area contributed by atoms with Crippen molar-refractivity contribution in [2.75, 3.05) is 13.2 Å². The largest absolute Gasteiger partial charge is 0.396 e. The molecule has 0 spiro atoms. The summed E-state index contributed by atoms with van der Waals surface area (Å²) >= 11 is 5.35. The first-order valence-electron chi connectivity index (χ1n) is 3.92. The molecule has 0 atom stereocenters. The standard InChI is InChI=1S/C5H12NO3PS2.C2H4/c1-3-8-10(7,9-4-2)12-5(6)11;1-2/h3-4H2,1-2H3,(H2,6,11);1-2H2. The van der Waals surface area contributed by atoms with E-state index in [0.717, 1.165) is 11.4 Å². The van der Waals surface area contributed by atoms with E-state index in [-0.39, 0.29) is 4.32 Å². The highest BCUT2D eigenvalue weighted by Crippen LogP contribution is 2.60. The monoisotopic (exact) mass is 257 g/mol. The van der Waals surface area contributed by atoms with Gasteiger partial charge in [-0.2, -0.15) is 0 Å². The third-order valence-electron chi connectivity index (χ3n) is 0.776. The van der Waals surface area contributed by atoms with Gasteiger partial charge in [-0.25, -0.2) is 4.57 Å². The van der Waals surface area contributed by atoms with Crippen molar-refractivity contribution in [1.82, 2.24) is 0 Å². The summed E-state index contributed by atoms with van der Waals surface area (Å²) in [5.41, 5.74) is 5.20. The topological polar surface area (TPSA) is 61.5 Å².